The van der Waals surface area contributed by atoms with E-state index in [1.807, 2.05) is 22.9 Å². The lowest BCUT2D eigenvalue weighted by Gasteiger charge is -2.42. The zero-order valence-corrected chi connectivity index (χ0v) is 42.2. The number of halogens is 9. The van der Waals surface area contributed by atoms with Crippen LogP contribution in [0, 0.1) is 40.1 Å². The first kappa shape index (κ1) is 59.0. The molecule has 17 nitrogen and oxygen atoms in total. The Kier molecular flexibility index (Phi) is 18.7. The van der Waals surface area contributed by atoms with Crippen molar-refractivity contribution in [3.63, 3.8) is 0 Å². The molecule has 26 heteroatoms. The Hall–Kier alpha value is -7.21. The van der Waals surface area contributed by atoms with Crippen molar-refractivity contribution in [3.8, 4) is 23.1 Å². The molecule has 77 heavy (non-hydrogen) atoms. The highest BCUT2D eigenvalue weighted by atomic mass is 19.4. The number of rotatable bonds is 18. The molecule has 0 unspecified atom stereocenters. The van der Waals surface area contributed by atoms with E-state index in [2.05, 4.69) is 41.7 Å². The van der Waals surface area contributed by atoms with Crippen molar-refractivity contribution in [2.24, 2.45) is 10.8 Å². The number of aromatic nitrogens is 2. The van der Waals surface area contributed by atoms with Gasteiger partial charge in [0, 0.05) is 67.7 Å². The van der Waals surface area contributed by atoms with Crippen LogP contribution in [0.5, 0.6) is 0 Å². The number of hydrogen-bond acceptors (Lipinski definition) is 12. The number of ether oxygens (including phenoxy) is 2. The van der Waals surface area contributed by atoms with Crippen LogP contribution in [0.15, 0.2) is 73.1 Å². The fourth-order valence-corrected chi connectivity index (χ4v) is 8.21. The molecule has 0 saturated carbocycles. The quantitative estimate of drug-likeness (QED) is 0.0388. The molecular weight excluding hydrogens is 1040 g/mol. The molecule has 4 heterocycles. The number of amides is 4. The molecule has 6 N–H and O–H groups in total. The van der Waals surface area contributed by atoms with E-state index in [4.69, 9.17) is 4.74 Å². The minimum atomic E-state index is -5.26. The van der Waals surface area contributed by atoms with Crippen molar-refractivity contribution in [2.45, 2.75) is 83.3 Å². The maximum Gasteiger partial charge on any atom is 0.407 e. The van der Waals surface area contributed by atoms with Gasteiger partial charge in [-0.05, 0) is 88.2 Å². The van der Waals surface area contributed by atoms with Crippen molar-refractivity contribution in [2.75, 3.05) is 57.9 Å². The highest BCUT2D eigenvalue weighted by molar-refractivity contribution is 5.87. The molecule has 2 aromatic heterocycles. The molecule has 2 aromatic carbocycles. The van der Waals surface area contributed by atoms with Gasteiger partial charge in [0.25, 0.3) is 5.91 Å². The highest BCUT2D eigenvalue weighted by Crippen LogP contribution is 2.42. The number of methoxy groups -OCH3 is 1. The Morgan fingerprint density at radius 2 is 1.36 bits per heavy atom. The number of hydrogen-bond donors (Lipinski definition) is 6. The first-order chi connectivity index (χ1) is 36.1. The molecule has 0 spiro atoms. The van der Waals surface area contributed by atoms with Gasteiger partial charge in [0.05, 0.1) is 61.2 Å². The molecular formula is C51H56F9N9O8. The number of carboxylic acid groups (broad SMARTS) is 1. The first-order valence-corrected chi connectivity index (χ1v) is 23.8. The summed E-state index contributed by atoms with van der Waals surface area (Å²) in [6, 6.07) is 6.85. The summed E-state index contributed by atoms with van der Waals surface area (Å²) < 4.78 is 142. The predicted octanol–water partition coefficient (Wildman–Crippen LogP) is 5.94. The summed E-state index contributed by atoms with van der Waals surface area (Å²) in [6.45, 7) is 4.72. The number of carbonyl (C=O) groups is 4. The van der Waals surface area contributed by atoms with Gasteiger partial charge >= 0.3 is 24.5 Å². The van der Waals surface area contributed by atoms with E-state index < -0.39 is 114 Å². The maximum atomic E-state index is 16.0. The van der Waals surface area contributed by atoms with Crippen LogP contribution in [0.1, 0.15) is 49.9 Å². The summed E-state index contributed by atoms with van der Waals surface area (Å²) in [5.41, 5.74) is -4.10. The van der Waals surface area contributed by atoms with Crippen molar-refractivity contribution >= 4 is 29.8 Å². The zero-order valence-electron chi connectivity index (χ0n) is 42.2. The Labute approximate surface area is 436 Å². The van der Waals surface area contributed by atoms with E-state index in [0.717, 1.165) is 82.8 Å². The average Bonchev–Trinajstić information content (AvgIpc) is 3.34. The summed E-state index contributed by atoms with van der Waals surface area (Å²) in [7, 11) is 0.822. The van der Waals surface area contributed by atoms with Gasteiger partial charge in [-0.3, -0.25) is 24.9 Å². The Bertz CT molecular complexity index is 2760. The molecule has 2 fully saturated rings. The van der Waals surface area contributed by atoms with Gasteiger partial charge in [0.1, 0.15) is 35.4 Å². The molecule has 416 valence electrons. The second-order valence-electron chi connectivity index (χ2n) is 19.5. The van der Waals surface area contributed by atoms with Crippen molar-refractivity contribution in [1.82, 2.24) is 41.3 Å². The van der Waals surface area contributed by atoms with E-state index in [0.29, 0.717) is 49.9 Å². The number of alkyl carbamates (subject to hydrolysis) is 1. The summed E-state index contributed by atoms with van der Waals surface area (Å²) in [5.74, 6) is 0.0186. The summed E-state index contributed by atoms with van der Waals surface area (Å²) >= 11 is 0. The Morgan fingerprint density at radius 1 is 0.779 bits per heavy atom. The minimum Gasteiger partial charge on any atom is -0.465 e. The number of nitrogens with one attached hydrogen (secondary N) is 4. The van der Waals surface area contributed by atoms with Crippen LogP contribution in [-0.4, -0.2) is 150 Å². The molecule has 2 aliphatic rings. The van der Waals surface area contributed by atoms with Gasteiger partial charge in [-0.2, -0.15) is 26.3 Å². The van der Waals surface area contributed by atoms with Gasteiger partial charge in [-0.25, -0.2) is 32.8 Å². The summed E-state index contributed by atoms with van der Waals surface area (Å²) in [5, 5.41) is 27.6. The number of carbonyl (C=O) groups excluding carboxylic acids is 3. The van der Waals surface area contributed by atoms with E-state index in [9.17, 15) is 60.1 Å². The van der Waals surface area contributed by atoms with Gasteiger partial charge in [0.15, 0.2) is 0 Å². The molecule has 0 aliphatic carbocycles. The second-order valence-corrected chi connectivity index (χ2v) is 19.5. The number of piperazine rings is 1. The SMILES string of the molecule is COC(=O)N[C@H](C(=O)N[C@@H](Cc1ccc(C#Cc2ccc(N3CCN(C4COC4)CC3)nc2)cc1)[C@@H](O)CN(Cc1c(F)cc(-c2ccc(F)cn2)cc1F)NC(=O)[C@@H](NC(=O)O)C(C)(C)C(F)(F)F)C(C)(C)C(F)(F)F. The molecule has 0 radical (unpaired) electrons. The lowest BCUT2D eigenvalue weighted by atomic mass is 9.82. The standard InChI is InChI=1S/C51H56F9N9O8/c1-48(2,50(55,56)57)42(65-47(75)76-5)44(71)63-39(20-30-9-6-29(7-10-30)8-11-31-12-15-41(62-23-31)68-18-16-67(17-19-68)34-27-77-28-34)40(70)26-69(66-45(72)43(64-46(73)74)49(3,4)51(58,59)60)25-35-36(53)21-32(22-37(35)54)38-14-13-33(52)24-61-38/h6-7,9-10,12-15,21-24,34,39-40,42-43,64,70H,16-20,25-28H2,1-5H3,(H,63,71)(H,65,75)(H,66,72)(H,73,74)/t39-,40-,42+,43+/m0/s1. The van der Waals surface area contributed by atoms with Crippen LogP contribution < -0.4 is 26.3 Å². The molecule has 2 saturated heterocycles. The Balaban J connectivity index is 1.31. The van der Waals surface area contributed by atoms with Crippen LogP contribution in [0.3, 0.4) is 0 Å². The molecule has 4 atom stereocenters. The number of alkyl halides is 6. The van der Waals surface area contributed by atoms with E-state index in [1.165, 1.54) is 29.6 Å². The van der Waals surface area contributed by atoms with Crippen LogP contribution in [0.25, 0.3) is 11.3 Å². The van der Waals surface area contributed by atoms with Gasteiger partial charge < -0.3 is 40.5 Å². The molecule has 2 aliphatic heterocycles. The van der Waals surface area contributed by atoms with E-state index in [1.54, 1.807) is 6.20 Å². The van der Waals surface area contributed by atoms with Crippen LogP contribution in [-0.2, 0) is 32.0 Å². The maximum absolute atomic E-state index is 16.0. The zero-order chi connectivity index (χ0) is 56.6. The molecule has 4 aromatic rings. The topological polar surface area (TPSA) is 211 Å². The monoisotopic (exact) mass is 1090 g/mol. The first-order valence-electron chi connectivity index (χ1n) is 23.8. The number of nitrogens with zero attached hydrogens (tertiary/aromatic N) is 5. The third kappa shape index (κ3) is 14.8. The van der Waals surface area contributed by atoms with E-state index >= 15 is 8.78 Å². The van der Waals surface area contributed by atoms with Crippen molar-refractivity contribution in [3.05, 3.63) is 113 Å². The molecule has 0 bridgehead atoms. The number of hydrazine groups is 1. The van der Waals surface area contributed by atoms with Gasteiger partial charge in [-0.15, -0.1) is 0 Å². The number of aliphatic hydroxyl groups is 1. The van der Waals surface area contributed by atoms with Crippen molar-refractivity contribution in [1.29, 1.82) is 0 Å². The van der Waals surface area contributed by atoms with Gasteiger partial charge in [0.2, 0.25) is 5.91 Å². The van der Waals surface area contributed by atoms with Crippen molar-refractivity contribution < 1.29 is 78.4 Å². The average molecular weight is 1090 g/mol. The third-order valence-corrected chi connectivity index (χ3v) is 13.4. The van der Waals surface area contributed by atoms with E-state index in [-0.39, 0.29) is 16.8 Å². The number of aliphatic hydroxyl groups excluding tert-OH is 1. The Morgan fingerprint density at radius 3 is 1.87 bits per heavy atom. The van der Waals surface area contributed by atoms with Crippen LogP contribution in [0.4, 0.5) is 54.9 Å². The lowest BCUT2D eigenvalue weighted by Crippen LogP contribution is -2.63. The summed E-state index contributed by atoms with van der Waals surface area (Å²) in [4.78, 5) is 64.9. The number of anilines is 1. The lowest BCUT2D eigenvalue weighted by molar-refractivity contribution is -0.221. The number of pyridine rings is 2. The third-order valence-electron chi connectivity index (χ3n) is 13.4. The largest absolute Gasteiger partial charge is 0.465 e. The highest BCUT2D eigenvalue weighted by Gasteiger charge is 2.57. The summed E-state index contributed by atoms with van der Waals surface area (Å²) in [6.07, 6.45) is -14.2. The fourth-order valence-electron chi connectivity index (χ4n) is 8.21. The second kappa shape index (κ2) is 24.4. The normalized spacial score (nSPS) is 16.2. The molecule has 6 rings (SSSR count). The molecule has 4 amide bonds. The number of benzene rings is 2. The van der Waals surface area contributed by atoms with Crippen LogP contribution in [0.2, 0.25) is 0 Å². The predicted molar refractivity (Wildman–Crippen MR) is 259 cm³/mol. The van der Waals surface area contributed by atoms with Gasteiger partial charge in [-0.1, -0.05) is 24.0 Å². The fraction of sp³-hybridized carbons (Fsp3) is 0.451. The van der Waals surface area contributed by atoms with Crippen LogP contribution >= 0.6 is 0 Å². The minimum absolute atomic E-state index is 0.0940. The smallest absolute Gasteiger partial charge is 0.407 e.